The van der Waals surface area contributed by atoms with Gasteiger partial charge >= 0.3 is 0 Å². The Morgan fingerprint density at radius 1 is 1.28 bits per heavy atom. The molecule has 156 valence electrons. The summed E-state index contributed by atoms with van der Waals surface area (Å²) >= 11 is 0. The fourth-order valence-electron chi connectivity index (χ4n) is 4.66. The molecule has 0 amide bonds. The molecule has 1 saturated heterocycles. The predicted molar refractivity (Wildman–Crippen MR) is 103 cm³/mol. The Labute approximate surface area is 166 Å². The van der Waals surface area contributed by atoms with E-state index in [-0.39, 0.29) is 24.4 Å². The van der Waals surface area contributed by atoms with E-state index in [4.69, 9.17) is 0 Å². The van der Waals surface area contributed by atoms with E-state index in [1.165, 1.54) is 0 Å². The van der Waals surface area contributed by atoms with Crippen molar-refractivity contribution in [2.24, 2.45) is 5.92 Å². The number of nitrogens with one attached hydrogen (secondary N) is 2. The highest BCUT2D eigenvalue weighted by Gasteiger charge is 2.45. The van der Waals surface area contributed by atoms with Crippen LogP contribution in [0.1, 0.15) is 37.9 Å². The van der Waals surface area contributed by atoms with E-state index in [0.717, 1.165) is 26.8 Å². The van der Waals surface area contributed by atoms with Crippen molar-refractivity contribution in [3.05, 3.63) is 30.5 Å². The Morgan fingerprint density at radius 3 is 2.83 bits per heavy atom. The van der Waals surface area contributed by atoms with Crippen LogP contribution in [0.5, 0.6) is 0 Å². The first-order valence-corrected chi connectivity index (χ1v) is 11.1. The third-order valence-electron chi connectivity index (χ3n) is 6.09. The number of imidazole rings is 1. The van der Waals surface area contributed by atoms with Crippen LogP contribution >= 0.6 is 0 Å². The molecule has 1 aliphatic carbocycles. The van der Waals surface area contributed by atoms with Gasteiger partial charge in [-0.15, -0.1) is 0 Å². The fourth-order valence-corrected chi connectivity index (χ4v) is 6.11. The van der Waals surface area contributed by atoms with Crippen molar-refractivity contribution >= 4 is 26.9 Å². The lowest BCUT2D eigenvalue weighted by molar-refractivity contribution is 0.0182. The zero-order valence-electron chi connectivity index (χ0n) is 15.8. The second-order valence-corrected chi connectivity index (χ2v) is 9.86. The lowest BCUT2D eigenvalue weighted by Gasteiger charge is -2.20. The quantitative estimate of drug-likeness (QED) is 0.672. The summed E-state index contributed by atoms with van der Waals surface area (Å²) in [6, 6.07) is 1.62. The molecule has 1 aliphatic heterocycles. The lowest BCUT2D eigenvalue weighted by Crippen LogP contribution is -2.44. The van der Waals surface area contributed by atoms with Crippen LogP contribution in [-0.2, 0) is 10.2 Å². The maximum atomic E-state index is 13.4. The van der Waals surface area contributed by atoms with Crippen LogP contribution in [0, 0.1) is 5.92 Å². The molecule has 0 spiro atoms. The monoisotopic (exact) mass is 424 g/mol. The highest BCUT2D eigenvalue weighted by Crippen LogP contribution is 2.40. The van der Waals surface area contributed by atoms with E-state index < -0.39 is 29.1 Å². The third-order valence-corrected chi connectivity index (χ3v) is 7.71. The molecule has 0 aromatic carbocycles. The maximum Gasteiger partial charge on any atom is 0.279 e. The van der Waals surface area contributed by atoms with E-state index in [9.17, 15) is 17.2 Å². The molecule has 2 N–H and O–H groups in total. The van der Waals surface area contributed by atoms with Crippen molar-refractivity contribution in [3.63, 3.8) is 0 Å². The van der Waals surface area contributed by atoms with Gasteiger partial charge in [0, 0.05) is 31.1 Å². The molecule has 29 heavy (non-hydrogen) atoms. The lowest BCUT2D eigenvalue weighted by atomic mass is 9.97. The third kappa shape index (κ3) is 3.21. The molecule has 3 aromatic rings. The number of fused-ring (bicyclic) bond motifs is 3. The van der Waals surface area contributed by atoms with Crippen LogP contribution in [0.15, 0.2) is 24.7 Å². The Bertz CT molecular complexity index is 1170. The SMILES string of the molecule is CC1CC(NS(=O)(=O)N2CCC(F)(F)C2)CC1c1ncc2cnc3[nH]ccc3n12. The summed E-state index contributed by atoms with van der Waals surface area (Å²) in [5.74, 6) is -1.85. The molecule has 1 saturated carbocycles. The van der Waals surface area contributed by atoms with Crippen LogP contribution in [-0.4, -0.2) is 57.1 Å². The second kappa shape index (κ2) is 6.44. The largest absolute Gasteiger partial charge is 0.345 e. The van der Waals surface area contributed by atoms with Crippen molar-refractivity contribution in [2.75, 3.05) is 13.1 Å². The minimum absolute atomic E-state index is 0.0470. The number of aromatic nitrogens is 4. The van der Waals surface area contributed by atoms with Crippen LogP contribution in [0.3, 0.4) is 0 Å². The van der Waals surface area contributed by atoms with Gasteiger partial charge in [-0.2, -0.15) is 17.4 Å². The number of hydrogen-bond donors (Lipinski definition) is 2. The number of nitrogens with zero attached hydrogens (tertiary/aromatic N) is 4. The maximum absolute atomic E-state index is 13.4. The van der Waals surface area contributed by atoms with E-state index in [2.05, 4.69) is 31.0 Å². The topological polar surface area (TPSA) is 95.4 Å². The summed E-state index contributed by atoms with van der Waals surface area (Å²) < 4.78 is 57.6. The number of H-pyrrole nitrogens is 1. The van der Waals surface area contributed by atoms with Gasteiger partial charge in [0.05, 0.1) is 30.0 Å². The zero-order chi connectivity index (χ0) is 20.4. The van der Waals surface area contributed by atoms with E-state index in [1.54, 1.807) is 12.4 Å². The second-order valence-electron chi connectivity index (χ2n) is 8.16. The smallest absolute Gasteiger partial charge is 0.279 e. The molecule has 0 bridgehead atoms. The summed E-state index contributed by atoms with van der Waals surface area (Å²) in [7, 11) is -3.94. The first kappa shape index (κ1) is 18.9. The van der Waals surface area contributed by atoms with Gasteiger partial charge in [-0.3, -0.25) is 4.40 Å². The molecule has 2 aliphatic rings. The Hall–Kier alpha value is -2.11. The van der Waals surface area contributed by atoms with Gasteiger partial charge in [0.2, 0.25) is 0 Å². The molecule has 8 nitrogen and oxygen atoms in total. The molecule has 3 atom stereocenters. The Kier molecular flexibility index (Phi) is 4.20. The van der Waals surface area contributed by atoms with Crippen molar-refractivity contribution in [3.8, 4) is 0 Å². The molecule has 2 fully saturated rings. The molecule has 4 heterocycles. The van der Waals surface area contributed by atoms with Crippen LogP contribution in [0.25, 0.3) is 16.7 Å². The molecule has 3 aromatic heterocycles. The summed E-state index contributed by atoms with van der Waals surface area (Å²) in [5.41, 5.74) is 2.56. The summed E-state index contributed by atoms with van der Waals surface area (Å²) in [6.07, 6.45) is 6.11. The van der Waals surface area contributed by atoms with Crippen molar-refractivity contribution in [2.45, 2.75) is 44.1 Å². The Balaban J connectivity index is 1.39. The van der Waals surface area contributed by atoms with E-state index >= 15 is 0 Å². The van der Waals surface area contributed by atoms with Crippen molar-refractivity contribution < 1.29 is 17.2 Å². The minimum Gasteiger partial charge on any atom is -0.345 e. The molecular weight excluding hydrogens is 402 g/mol. The average Bonchev–Trinajstić information content (AvgIpc) is 3.39. The van der Waals surface area contributed by atoms with Gasteiger partial charge in [0.1, 0.15) is 5.82 Å². The number of alkyl halides is 2. The molecular formula is C18H22F2N6O2S. The first-order valence-electron chi connectivity index (χ1n) is 9.68. The zero-order valence-corrected chi connectivity index (χ0v) is 16.7. The molecule has 3 unspecified atom stereocenters. The van der Waals surface area contributed by atoms with Crippen molar-refractivity contribution in [1.82, 2.24) is 28.4 Å². The van der Waals surface area contributed by atoms with Gasteiger partial charge in [0.25, 0.3) is 16.1 Å². The van der Waals surface area contributed by atoms with Gasteiger partial charge in [-0.05, 0) is 24.8 Å². The molecule has 5 rings (SSSR count). The standard InChI is InChI=1S/C18H22F2N6O2S/c1-11-6-12(24-29(27,28)25-5-3-18(19,20)10-25)7-14(11)17-23-9-13-8-22-16-15(26(13)17)2-4-21-16/h2,4,8-9,11-12,14,21,24H,3,5-7,10H2,1H3. The van der Waals surface area contributed by atoms with Crippen molar-refractivity contribution in [1.29, 1.82) is 0 Å². The predicted octanol–water partition coefficient (Wildman–Crippen LogP) is 2.27. The summed E-state index contributed by atoms with van der Waals surface area (Å²) in [4.78, 5) is 12.1. The van der Waals surface area contributed by atoms with Crippen LogP contribution in [0.4, 0.5) is 8.78 Å². The number of rotatable bonds is 4. The fraction of sp³-hybridized carbons (Fsp3) is 0.556. The highest BCUT2D eigenvalue weighted by molar-refractivity contribution is 7.87. The molecule has 0 radical (unpaired) electrons. The summed E-state index contributed by atoms with van der Waals surface area (Å²) in [5, 5.41) is 0. The normalized spacial score (nSPS) is 28.0. The average molecular weight is 424 g/mol. The van der Waals surface area contributed by atoms with Crippen LogP contribution < -0.4 is 4.72 Å². The number of hydrogen-bond acceptors (Lipinski definition) is 4. The van der Waals surface area contributed by atoms with Gasteiger partial charge in [-0.25, -0.2) is 18.7 Å². The van der Waals surface area contributed by atoms with Gasteiger partial charge in [-0.1, -0.05) is 6.92 Å². The van der Waals surface area contributed by atoms with Gasteiger partial charge in [0.15, 0.2) is 5.65 Å². The first-order chi connectivity index (χ1) is 13.7. The summed E-state index contributed by atoms with van der Waals surface area (Å²) in [6.45, 7) is 1.16. The number of halogens is 2. The van der Waals surface area contributed by atoms with E-state index in [0.29, 0.717) is 12.8 Å². The highest BCUT2D eigenvalue weighted by atomic mass is 32.2. The number of aromatic amines is 1. The van der Waals surface area contributed by atoms with E-state index in [1.807, 2.05) is 12.3 Å². The minimum atomic E-state index is -3.94. The van der Waals surface area contributed by atoms with Gasteiger partial charge < -0.3 is 4.98 Å². The van der Waals surface area contributed by atoms with Crippen LogP contribution in [0.2, 0.25) is 0 Å². The Morgan fingerprint density at radius 2 is 2.07 bits per heavy atom. The molecule has 11 heteroatoms.